The first-order valence-electron chi connectivity index (χ1n) is 16.0. The van der Waals surface area contributed by atoms with Crippen LogP contribution in [0.1, 0.15) is 73.2 Å². The van der Waals surface area contributed by atoms with E-state index in [1.165, 1.54) is 0 Å². The number of unbranched alkanes of at least 4 members (excludes halogenated alkanes) is 2. The summed E-state index contributed by atoms with van der Waals surface area (Å²) in [4.78, 5) is 29.1. The lowest BCUT2D eigenvalue weighted by Crippen LogP contribution is -2.31. The molecule has 1 fully saturated rings. The summed E-state index contributed by atoms with van der Waals surface area (Å²) in [5, 5.41) is 16.2. The summed E-state index contributed by atoms with van der Waals surface area (Å²) in [5.41, 5.74) is 10.8. The number of nitrogens with zero attached hydrogens (tertiary/aromatic N) is 1. The van der Waals surface area contributed by atoms with E-state index in [0.717, 1.165) is 39.5 Å². The van der Waals surface area contributed by atoms with Crippen molar-refractivity contribution in [3.05, 3.63) is 119 Å². The van der Waals surface area contributed by atoms with Crippen LogP contribution >= 0.6 is 11.8 Å². The van der Waals surface area contributed by atoms with Crippen molar-refractivity contribution < 1.29 is 24.2 Å². The van der Waals surface area contributed by atoms with Crippen molar-refractivity contribution in [1.82, 2.24) is 10.3 Å². The number of anilines is 2. The van der Waals surface area contributed by atoms with Crippen LogP contribution in [0.15, 0.2) is 102 Å². The minimum absolute atomic E-state index is 0.000108. The fourth-order valence-electron chi connectivity index (χ4n) is 5.29. The topological polar surface area (TPSA) is 136 Å². The number of aliphatic hydroxyl groups excluding tert-OH is 1. The molecule has 9 nitrogen and oxygen atoms in total. The van der Waals surface area contributed by atoms with E-state index < -0.39 is 6.29 Å². The first kappa shape index (κ1) is 34.1. The Bertz CT molecular complexity index is 1570. The summed E-state index contributed by atoms with van der Waals surface area (Å²) in [6, 6.07) is 28.9. The second-order valence-corrected chi connectivity index (χ2v) is 12.6. The van der Waals surface area contributed by atoms with E-state index in [0.29, 0.717) is 50.0 Å². The maximum Gasteiger partial charge on any atom is 0.224 e. The molecule has 5 N–H and O–H groups in total. The summed E-state index contributed by atoms with van der Waals surface area (Å²) >= 11 is 1.66. The van der Waals surface area contributed by atoms with Crippen molar-refractivity contribution in [2.45, 2.75) is 75.2 Å². The number of nitrogens with two attached hydrogens (primary N) is 1. The van der Waals surface area contributed by atoms with Gasteiger partial charge in [0.15, 0.2) is 6.29 Å². The molecule has 1 aliphatic rings. The van der Waals surface area contributed by atoms with Crippen LogP contribution in [0.5, 0.6) is 0 Å². The fourth-order valence-corrected chi connectivity index (χ4v) is 6.17. The van der Waals surface area contributed by atoms with Crippen LogP contribution in [0, 0.1) is 0 Å². The number of nitrogens with one attached hydrogen (secondary N) is 2. The number of rotatable bonds is 15. The zero-order valence-corrected chi connectivity index (χ0v) is 27.2. The lowest BCUT2D eigenvalue weighted by Gasteiger charge is -2.36. The van der Waals surface area contributed by atoms with Crippen LogP contribution < -0.4 is 16.4 Å². The molecule has 4 aromatic rings. The van der Waals surface area contributed by atoms with Gasteiger partial charge in [0.05, 0.1) is 35.2 Å². The number of thioether (sulfide) groups is 1. The number of benzene rings is 3. The van der Waals surface area contributed by atoms with E-state index in [1.807, 2.05) is 78.9 Å². The van der Waals surface area contributed by atoms with Crippen molar-refractivity contribution in [3.8, 4) is 0 Å². The Labute approximate surface area is 280 Å². The van der Waals surface area contributed by atoms with E-state index in [-0.39, 0.29) is 30.6 Å². The van der Waals surface area contributed by atoms with Gasteiger partial charge in [-0.3, -0.25) is 9.59 Å². The molecule has 1 saturated heterocycles. The van der Waals surface area contributed by atoms with E-state index in [9.17, 15) is 14.7 Å². The molecule has 0 saturated carbocycles. The Hall–Kier alpha value is -4.22. The van der Waals surface area contributed by atoms with Crippen LogP contribution in [0.3, 0.4) is 0 Å². The number of para-hydroxylation sites is 2. The Balaban J connectivity index is 1.08. The SMILES string of the molecule is Nc1ccccc1NC(=O)CCCCCC(=O)NCc1ccc([C@H]2O[C@@H](CSc3ccccn3)C[C@@H](c3ccc(CO)cc3)O2)cc1. The molecule has 47 heavy (non-hydrogen) atoms. The Morgan fingerprint density at radius 2 is 1.53 bits per heavy atom. The molecule has 0 aliphatic carbocycles. The molecular formula is C37H42N4O5S. The van der Waals surface area contributed by atoms with Gasteiger partial charge < -0.3 is 30.9 Å². The highest BCUT2D eigenvalue weighted by atomic mass is 32.2. The summed E-state index contributed by atoms with van der Waals surface area (Å²) in [6.07, 6.45) is 4.73. The smallest absolute Gasteiger partial charge is 0.224 e. The monoisotopic (exact) mass is 654 g/mol. The van der Waals surface area contributed by atoms with Gasteiger partial charge in [0.2, 0.25) is 11.8 Å². The predicted octanol–water partition coefficient (Wildman–Crippen LogP) is 6.70. The Kier molecular flexibility index (Phi) is 12.8. The van der Waals surface area contributed by atoms with Crippen molar-refractivity contribution in [1.29, 1.82) is 0 Å². The molecule has 0 radical (unpaired) electrons. The average Bonchev–Trinajstić information content (AvgIpc) is 3.11. The average molecular weight is 655 g/mol. The van der Waals surface area contributed by atoms with Gasteiger partial charge >= 0.3 is 0 Å². The number of pyridine rings is 1. The summed E-state index contributed by atoms with van der Waals surface area (Å²) in [6.45, 7) is 0.426. The normalized spacial score (nSPS) is 17.6. The third kappa shape index (κ3) is 10.7. The quantitative estimate of drug-likeness (QED) is 0.0632. The third-order valence-electron chi connectivity index (χ3n) is 7.95. The van der Waals surface area contributed by atoms with Gasteiger partial charge in [0.25, 0.3) is 0 Å². The molecule has 2 amide bonds. The third-order valence-corrected chi connectivity index (χ3v) is 9.03. The highest BCUT2D eigenvalue weighted by Crippen LogP contribution is 2.39. The van der Waals surface area contributed by atoms with Crippen LogP contribution in [-0.4, -0.2) is 33.8 Å². The van der Waals surface area contributed by atoms with Crippen LogP contribution in [0.4, 0.5) is 11.4 Å². The largest absolute Gasteiger partial charge is 0.397 e. The van der Waals surface area contributed by atoms with Crippen molar-refractivity contribution >= 4 is 35.0 Å². The van der Waals surface area contributed by atoms with Crippen molar-refractivity contribution in [2.24, 2.45) is 0 Å². The highest BCUT2D eigenvalue weighted by molar-refractivity contribution is 7.99. The van der Waals surface area contributed by atoms with Gasteiger partial charge in [-0.05, 0) is 53.8 Å². The molecule has 3 atom stereocenters. The van der Waals surface area contributed by atoms with Crippen molar-refractivity contribution in [3.63, 3.8) is 0 Å². The van der Waals surface area contributed by atoms with E-state index in [2.05, 4.69) is 15.6 Å². The molecule has 3 aromatic carbocycles. The molecule has 1 aromatic heterocycles. The lowest BCUT2D eigenvalue weighted by atomic mass is 10.0. The molecular weight excluding hydrogens is 612 g/mol. The maximum absolute atomic E-state index is 12.5. The molecule has 0 unspecified atom stereocenters. The van der Waals surface area contributed by atoms with Crippen LogP contribution in [0.25, 0.3) is 0 Å². The molecule has 246 valence electrons. The number of aromatic nitrogens is 1. The van der Waals surface area contributed by atoms with Gasteiger partial charge in [0.1, 0.15) is 0 Å². The van der Waals surface area contributed by atoms with E-state index in [4.69, 9.17) is 15.2 Å². The van der Waals surface area contributed by atoms with Gasteiger partial charge in [-0.2, -0.15) is 0 Å². The molecule has 0 bridgehead atoms. The predicted molar refractivity (Wildman–Crippen MR) is 184 cm³/mol. The van der Waals surface area contributed by atoms with Crippen molar-refractivity contribution in [2.75, 3.05) is 16.8 Å². The number of hydrogen-bond acceptors (Lipinski definition) is 8. The standard InChI is InChI=1S/C37H42N4O5S/c38-31-8-4-5-9-32(31)41-35(44)11-3-1-2-10-34(43)40-23-26-13-19-29(20-14-26)37-45-30(25-47-36-12-6-7-21-39-36)22-33(46-37)28-17-15-27(24-42)16-18-28/h4-9,12-21,30,33,37,42H,1-3,10-11,22-25,38H2,(H,40,43)(H,41,44)/t30-,33+,37+/m1/s1. The fraction of sp³-hybridized carbons (Fsp3) is 0.324. The lowest BCUT2D eigenvalue weighted by molar-refractivity contribution is -0.245. The highest BCUT2D eigenvalue weighted by Gasteiger charge is 2.32. The summed E-state index contributed by atoms with van der Waals surface area (Å²) < 4.78 is 12.9. The zero-order chi connectivity index (χ0) is 32.8. The number of carbonyl (C=O) groups excluding carboxylic acids is 2. The molecule has 2 heterocycles. The molecule has 5 rings (SSSR count). The molecule has 10 heteroatoms. The first-order valence-corrected chi connectivity index (χ1v) is 17.0. The second kappa shape index (κ2) is 17.6. The van der Waals surface area contributed by atoms with Gasteiger partial charge in [-0.15, -0.1) is 11.8 Å². The van der Waals surface area contributed by atoms with Crippen LogP contribution in [0.2, 0.25) is 0 Å². The molecule has 1 aliphatic heterocycles. The Morgan fingerprint density at radius 3 is 2.26 bits per heavy atom. The summed E-state index contributed by atoms with van der Waals surface area (Å²) in [5.74, 6) is 0.645. The number of hydrogen-bond donors (Lipinski definition) is 4. The first-order chi connectivity index (χ1) is 23.0. The molecule has 0 spiro atoms. The van der Waals surface area contributed by atoms with Gasteiger partial charge in [-0.1, -0.05) is 73.2 Å². The number of amides is 2. The minimum atomic E-state index is -0.545. The zero-order valence-electron chi connectivity index (χ0n) is 26.3. The van der Waals surface area contributed by atoms with Crippen LogP contribution in [-0.2, 0) is 32.2 Å². The maximum atomic E-state index is 12.5. The van der Waals surface area contributed by atoms with E-state index >= 15 is 0 Å². The Morgan fingerprint density at radius 1 is 0.830 bits per heavy atom. The number of aliphatic hydroxyl groups is 1. The minimum Gasteiger partial charge on any atom is -0.397 e. The summed E-state index contributed by atoms with van der Waals surface area (Å²) in [7, 11) is 0. The number of carbonyl (C=O) groups is 2. The second-order valence-electron chi connectivity index (χ2n) is 11.5. The van der Waals surface area contributed by atoms with Gasteiger partial charge in [0, 0.05) is 43.3 Å². The number of ether oxygens (including phenoxy) is 2. The number of nitrogen functional groups attached to an aromatic ring is 1. The van der Waals surface area contributed by atoms with E-state index in [1.54, 1.807) is 30.1 Å². The van der Waals surface area contributed by atoms with Gasteiger partial charge in [-0.25, -0.2) is 4.98 Å².